The molecule has 0 unspecified atom stereocenters. The van der Waals surface area contributed by atoms with Gasteiger partial charge in [0.25, 0.3) is 0 Å². The predicted molar refractivity (Wildman–Crippen MR) is 117 cm³/mol. The van der Waals surface area contributed by atoms with E-state index < -0.39 is 10.0 Å². The van der Waals surface area contributed by atoms with Crippen molar-refractivity contribution in [3.8, 4) is 0 Å². The lowest BCUT2D eigenvalue weighted by Crippen LogP contribution is -2.37. The van der Waals surface area contributed by atoms with Crippen molar-refractivity contribution in [1.82, 2.24) is 10.6 Å². The summed E-state index contributed by atoms with van der Waals surface area (Å²) in [5, 5.41) is 12.2. The SMILES string of the molecule is CN=C(NCCc1cccc(Cl)c1)NCc1cccc(S(N)(=O)=O)c1.I. The molecule has 0 amide bonds. The minimum atomic E-state index is -3.70. The number of aliphatic imine (C=N–C) groups is 1. The summed E-state index contributed by atoms with van der Waals surface area (Å²) in [7, 11) is -2.03. The van der Waals surface area contributed by atoms with Crippen molar-refractivity contribution in [3.63, 3.8) is 0 Å². The standard InChI is InChI=1S/C17H21ClN4O2S.HI/c1-20-17(21-9-8-13-4-2-6-15(18)10-13)22-12-14-5-3-7-16(11-14)25(19,23)24;/h2-7,10-11H,8-9,12H2,1H3,(H2,19,23,24)(H2,20,21,22);1H. The van der Waals surface area contributed by atoms with E-state index in [1.54, 1.807) is 19.2 Å². The molecule has 0 atom stereocenters. The van der Waals surface area contributed by atoms with Crippen molar-refractivity contribution < 1.29 is 8.42 Å². The Bertz CT molecular complexity index is 859. The second-order valence-electron chi connectivity index (χ2n) is 5.42. The van der Waals surface area contributed by atoms with Crippen molar-refractivity contribution in [1.29, 1.82) is 0 Å². The number of hydrogen-bond donors (Lipinski definition) is 3. The van der Waals surface area contributed by atoms with Gasteiger partial charge in [-0.2, -0.15) is 0 Å². The fraction of sp³-hybridized carbons (Fsp3) is 0.235. The Hall–Kier alpha value is -1.36. The number of nitrogens with zero attached hydrogens (tertiary/aromatic N) is 1. The number of hydrogen-bond acceptors (Lipinski definition) is 3. The average molecular weight is 509 g/mol. The minimum absolute atomic E-state index is 0. The highest BCUT2D eigenvalue weighted by molar-refractivity contribution is 14.0. The number of halogens is 2. The molecule has 26 heavy (non-hydrogen) atoms. The Balaban J connectivity index is 0.00000338. The van der Waals surface area contributed by atoms with Crippen LogP contribution in [0.3, 0.4) is 0 Å². The topological polar surface area (TPSA) is 96.6 Å². The first-order valence-corrected chi connectivity index (χ1v) is 9.61. The maximum absolute atomic E-state index is 11.4. The Morgan fingerprint density at radius 1 is 1.12 bits per heavy atom. The molecule has 0 fully saturated rings. The molecule has 4 N–H and O–H groups in total. The molecule has 142 valence electrons. The molecule has 0 radical (unpaired) electrons. The number of primary sulfonamides is 1. The summed E-state index contributed by atoms with van der Waals surface area (Å²) in [5.74, 6) is 0.628. The molecule has 0 aliphatic carbocycles. The zero-order valence-corrected chi connectivity index (χ0v) is 18.2. The van der Waals surface area contributed by atoms with Crippen LogP contribution in [0.25, 0.3) is 0 Å². The van der Waals surface area contributed by atoms with Crippen LogP contribution in [0.4, 0.5) is 0 Å². The van der Waals surface area contributed by atoms with Crippen LogP contribution in [0.5, 0.6) is 0 Å². The molecule has 2 aromatic rings. The highest BCUT2D eigenvalue weighted by atomic mass is 127. The van der Waals surface area contributed by atoms with Gasteiger partial charge < -0.3 is 10.6 Å². The van der Waals surface area contributed by atoms with E-state index in [0.29, 0.717) is 19.0 Å². The van der Waals surface area contributed by atoms with Crippen molar-refractivity contribution >= 4 is 51.6 Å². The fourth-order valence-corrected chi connectivity index (χ4v) is 3.05. The zero-order chi connectivity index (χ0) is 18.3. The Labute approximate surface area is 176 Å². The van der Waals surface area contributed by atoms with E-state index in [2.05, 4.69) is 15.6 Å². The van der Waals surface area contributed by atoms with Gasteiger partial charge in [0.15, 0.2) is 5.96 Å². The molecule has 0 saturated heterocycles. The van der Waals surface area contributed by atoms with Gasteiger partial charge in [0.1, 0.15) is 0 Å². The molecule has 2 rings (SSSR count). The van der Waals surface area contributed by atoms with Crippen molar-refractivity contribution in [2.75, 3.05) is 13.6 Å². The molecule has 0 bridgehead atoms. The maximum atomic E-state index is 11.4. The second-order valence-corrected chi connectivity index (χ2v) is 7.42. The lowest BCUT2D eigenvalue weighted by Gasteiger charge is -2.12. The van der Waals surface area contributed by atoms with Gasteiger partial charge in [0.05, 0.1) is 4.90 Å². The van der Waals surface area contributed by atoms with Gasteiger partial charge in [-0.3, -0.25) is 4.99 Å². The second kappa shape index (κ2) is 10.7. The number of benzene rings is 2. The van der Waals surface area contributed by atoms with Crippen LogP contribution in [0.15, 0.2) is 58.4 Å². The zero-order valence-electron chi connectivity index (χ0n) is 14.3. The summed E-state index contributed by atoms with van der Waals surface area (Å²) in [6, 6.07) is 14.2. The largest absolute Gasteiger partial charge is 0.356 e. The Morgan fingerprint density at radius 3 is 2.46 bits per heavy atom. The predicted octanol–water partition coefficient (Wildman–Crippen LogP) is 2.51. The van der Waals surface area contributed by atoms with Gasteiger partial charge in [-0.05, 0) is 41.8 Å². The Morgan fingerprint density at radius 2 is 1.81 bits per heavy atom. The van der Waals surface area contributed by atoms with E-state index in [0.717, 1.165) is 22.6 Å². The highest BCUT2D eigenvalue weighted by Gasteiger charge is 2.08. The summed E-state index contributed by atoms with van der Waals surface area (Å²) in [4.78, 5) is 4.24. The summed E-state index contributed by atoms with van der Waals surface area (Å²) >= 11 is 5.97. The third kappa shape index (κ3) is 7.48. The third-order valence-corrected chi connectivity index (χ3v) is 4.65. The molecule has 2 aromatic carbocycles. The van der Waals surface area contributed by atoms with E-state index in [4.69, 9.17) is 16.7 Å². The molecule has 0 spiro atoms. The van der Waals surface area contributed by atoms with Crippen LogP contribution in [-0.4, -0.2) is 28.0 Å². The first kappa shape index (κ1) is 22.7. The van der Waals surface area contributed by atoms with Crippen LogP contribution >= 0.6 is 35.6 Å². The molecule has 0 aliphatic rings. The molecule has 6 nitrogen and oxygen atoms in total. The van der Waals surface area contributed by atoms with Gasteiger partial charge in [-0.1, -0.05) is 35.9 Å². The number of rotatable bonds is 6. The van der Waals surface area contributed by atoms with E-state index in [-0.39, 0.29) is 28.9 Å². The summed E-state index contributed by atoms with van der Waals surface area (Å²) in [5.41, 5.74) is 1.93. The number of nitrogens with one attached hydrogen (secondary N) is 2. The normalized spacial score (nSPS) is 11.6. The van der Waals surface area contributed by atoms with E-state index in [9.17, 15) is 8.42 Å². The van der Waals surface area contributed by atoms with Crippen molar-refractivity contribution in [3.05, 3.63) is 64.7 Å². The number of sulfonamides is 1. The minimum Gasteiger partial charge on any atom is -0.356 e. The lowest BCUT2D eigenvalue weighted by atomic mass is 10.1. The van der Waals surface area contributed by atoms with Crippen molar-refractivity contribution in [2.24, 2.45) is 10.1 Å². The number of nitrogens with two attached hydrogens (primary N) is 1. The van der Waals surface area contributed by atoms with Crippen LogP contribution in [0.2, 0.25) is 5.02 Å². The maximum Gasteiger partial charge on any atom is 0.238 e. The number of guanidine groups is 1. The van der Waals surface area contributed by atoms with Crippen LogP contribution in [0, 0.1) is 0 Å². The van der Waals surface area contributed by atoms with Crippen LogP contribution < -0.4 is 15.8 Å². The van der Waals surface area contributed by atoms with Crippen LogP contribution in [-0.2, 0) is 23.0 Å². The first-order chi connectivity index (χ1) is 11.9. The van der Waals surface area contributed by atoms with Gasteiger partial charge in [-0.15, -0.1) is 24.0 Å². The molecule has 0 heterocycles. The molecule has 0 aliphatic heterocycles. The van der Waals surface area contributed by atoms with Gasteiger partial charge in [-0.25, -0.2) is 13.6 Å². The quantitative estimate of drug-likeness (QED) is 0.317. The van der Waals surface area contributed by atoms with E-state index >= 15 is 0 Å². The first-order valence-electron chi connectivity index (χ1n) is 7.69. The third-order valence-electron chi connectivity index (χ3n) is 3.51. The molecule has 0 aromatic heterocycles. The van der Waals surface area contributed by atoms with Gasteiger partial charge >= 0.3 is 0 Å². The fourth-order valence-electron chi connectivity index (χ4n) is 2.26. The Kier molecular flexibility index (Phi) is 9.34. The molecular formula is C17H22ClIN4O2S. The van der Waals surface area contributed by atoms with E-state index in [1.807, 2.05) is 30.3 Å². The summed E-state index contributed by atoms with van der Waals surface area (Å²) in [6.45, 7) is 1.12. The monoisotopic (exact) mass is 508 g/mol. The molecular weight excluding hydrogens is 487 g/mol. The van der Waals surface area contributed by atoms with Crippen LogP contribution in [0.1, 0.15) is 11.1 Å². The van der Waals surface area contributed by atoms with Gasteiger partial charge in [0.2, 0.25) is 10.0 Å². The molecule has 0 saturated carbocycles. The lowest BCUT2D eigenvalue weighted by molar-refractivity contribution is 0.597. The smallest absolute Gasteiger partial charge is 0.238 e. The molecule has 9 heteroatoms. The van der Waals surface area contributed by atoms with E-state index in [1.165, 1.54) is 6.07 Å². The summed E-state index contributed by atoms with van der Waals surface area (Å²) < 4.78 is 22.8. The van der Waals surface area contributed by atoms with Crippen molar-refractivity contribution in [2.45, 2.75) is 17.9 Å². The van der Waals surface area contributed by atoms with Gasteiger partial charge in [0, 0.05) is 25.2 Å². The summed E-state index contributed by atoms with van der Waals surface area (Å²) in [6.07, 6.45) is 0.808. The average Bonchev–Trinajstić information content (AvgIpc) is 2.57. The highest BCUT2D eigenvalue weighted by Crippen LogP contribution is 2.11.